The van der Waals surface area contributed by atoms with Gasteiger partial charge in [-0.15, -0.1) is 0 Å². The van der Waals surface area contributed by atoms with Crippen molar-refractivity contribution in [3.63, 3.8) is 0 Å². The number of carbonyl (C=O) groups is 3. The summed E-state index contributed by atoms with van der Waals surface area (Å²) in [5.41, 5.74) is 1.86. The Bertz CT molecular complexity index is 1410. The highest BCUT2D eigenvalue weighted by Gasteiger charge is 2.76. The van der Waals surface area contributed by atoms with Crippen LogP contribution in [0, 0.1) is 25.7 Å². The monoisotopic (exact) mass is 548 g/mol. The number of methoxy groups -OCH3 is 1. The normalized spacial score (nSPS) is 18.3. The summed E-state index contributed by atoms with van der Waals surface area (Å²) in [6.07, 6.45) is -1.43. The molecule has 0 bridgehead atoms. The number of amides is 2. The lowest BCUT2D eigenvalue weighted by molar-refractivity contribution is -0.144. The van der Waals surface area contributed by atoms with Gasteiger partial charge < -0.3 is 19.3 Å². The molecule has 10 nitrogen and oxygen atoms in total. The summed E-state index contributed by atoms with van der Waals surface area (Å²) < 4.78 is 43.0. The van der Waals surface area contributed by atoms with Gasteiger partial charge in [-0.05, 0) is 39.0 Å². The van der Waals surface area contributed by atoms with Crippen molar-refractivity contribution in [2.24, 2.45) is 11.8 Å². The van der Waals surface area contributed by atoms with E-state index in [-0.39, 0.29) is 28.5 Å². The van der Waals surface area contributed by atoms with Crippen LogP contribution in [0.1, 0.15) is 30.0 Å². The number of rotatable bonds is 7. The number of nitrogens with zero attached hydrogens (tertiary/aromatic N) is 2. The van der Waals surface area contributed by atoms with E-state index >= 15 is 0 Å². The summed E-state index contributed by atoms with van der Waals surface area (Å²) in [6, 6.07) is 9.84. The van der Waals surface area contributed by atoms with E-state index in [1.165, 1.54) is 19.1 Å². The molecule has 2 heterocycles. The summed E-state index contributed by atoms with van der Waals surface area (Å²) in [7, 11) is 0.978. The quantitative estimate of drug-likeness (QED) is 0.380. The number of halogens is 3. The SMILES string of the molecule is COC(=O)[C@@H]1[C@@H](C(=O)Nc2ccc(-c3onc(C)c3NC(=O)O[C@H](C)c3ccccc3Cl)nc2C)C1(F)F. The zero-order valence-electron chi connectivity index (χ0n) is 20.7. The molecule has 1 aliphatic rings. The van der Waals surface area contributed by atoms with Gasteiger partial charge in [-0.2, -0.15) is 0 Å². The second-order valence-electron chi connectivity index (χ2n) is 8.64. The van der Waals surface area contributed by atoms with E-state index in [0.29, 0.717) is 16.3 Å². The number of nitrogens with one attached hydrogen (secondary N) is 2. The van der Waals surface area contributed by atoms with Crippen molar-refractivity contribution in [2.75, 3.05) is 17.7 Å². The third-order valence-electron chi connectivity index (χ3n) is 6.08. The van der Waals surface area contributed by atoms with Crippen molar-refractivity contribution >= 4 is 40.9 Å². The predicted octanol–water partition coefficient (Wildman–Crippen LogP) is 5.31. The molecular formula is C25H23ClF2N4O6. The maximum atomic E-state index is 13.9. The molecule has 0 saturated heterocycles. The summed E-state index contributed by atoms with van der Waals surface area (Å²) in [6.45, 7) is 4.82. The third-order valence-corrected chi connectivity index (χ3v) is 6.43. The second-order valence-corrected chi connectivity index (χ2v) is 9.05. The van der Waals surface area contributed by atoms with Crippen molar-refractivity contribution in [1.82, 2.24) is 10.1 Å². The summed E-state index contributed by atoms with van der Waals surface area (Å²) >= 11 is 6.17. The number of hydrogen-bond acceptors (Lipinski definition) is 8. The van der Waals surface area contributed by atoms with Crippen LogP contribution in [0.4, 0.5) is 25.0 Å². The minimum absolute atomic E-state index is 0.116. The molecule has 2 N–H and O–H groups in total. The van der Waals surface area contributed by atoms with Crippen LogP contribution in [-0.4, -0.2) is 41.1 Å². The zero-order valence-corrected chi connectivity index (χ0v) is 21.4. The van der Waals surface area contributed by atoms with E-state index in [9.17, 15) is 23.2 Å². The van der Waals surface area contributed by atoms with Crippen molar-refractivity contribution < 1.29 is 37.2 Å². The maximum Gasteiger partial charge on any atom is 0.412 e. The van der Waals surface area contributed by atoms with Gasteiger partial charge in [0.25, 0.3) is 5.92 Å². The molecule has 0 radical (unpaired) electrons. The average molecular weight is 549 g/mol. The maximum absolute atomic E-state index is 13.9. The molecule has 1 fully saturated rings. The zero-order chi connectivity index (χ0) is 27.8. The molecule has 0 unspecified atom stereocenters. The summed E-state index contributed by atoms with van der Waals surface area (Å²) in [4.78, 5) is 40.9. The number of aromatic nitrogens is 2. The molecule has 3 aromatic rings. The Morgan fingerprint density at radius 3 is 2.45 bits per heavy atom. The van der Waals surface area contributed by atoms with Gasteiger partial charge in [-0.1, -0.05) is 35.0 Å². The first kappa shape index (κ1) is 27.0. The number of hydrogen-bond donors (Lipinski definition) is 2. The molecule has 200 valence electrons. The number of carbonyl (C=O) groups excluding carboxylic acids is 3. The molecule has 2 amide bonds. The van der Waals surface area contributed by atoms with E-state index < -0.39 is 41.8 Å². The molecule has 38 heavy (non-hydrogen) atoms. The summed E-state index contributed by atoms with van der Waals surface area (Å²) in [5, 5.41) is 9.30. The van der Waals surface area contributed by atoms with Crippen LogP contribution in [0.3, 0.4) is 0 Å². The van der Waals surface area contributed by atoms with Gasteiger partial charge in [0.05, 0.1) is 18.5 Å². The van der Waals surface area contributed by atoms with Crippen LogP contribution in [0.15, 0.2) is 40.9 Å². The van der Waals surface area contributed by atoms with Gasteiger partial charge in [-0.25, -0.2) is 18.6 Å². The van der Waals surface area contributed by atoms with E-state index in [1.807, 2.05) is 0 Å². The average Bonchev–Trinajstić information content (AvgIpc) is 3.28. The highest BCUT2D eigenvalue weighted by molar-refractivity contribution is 6.31. The van der Waals surface area contributed by atoms with Crippen LogP contribution in [0.25, 0.3) is 11.5 Å². The lowest BCUT2D eigenvalue weighted by Crippen LogP contribution is -2.19. The highest BCUT2D eigenvalue weighted by Crippen LogP contribution is 2.56. The number of ether oxygens (including phenoxy) is 2. The molecule has 3 atom stereocenters. The first-order valence-electron chi connectivity index (χ1n) is 11.4. The van der Waals surface area contributed by atoms with Crippen molar-refractivity contribution in [3.05, 3.63) is 58.4 Å². The highest BCUT2D eigenvalue weighted by atomic mass is 35.5. The fourth-order valence-electron chi connectivity index (χ4n) is 3.96. The molecule has 1 aliphatic carbocycles. The molecule has 1 aromatic carbocycles. The second kappa shape index (κ2) is 10.4. The first-order chi connectivity index (χ1) is 17.9. The molecule has 13 heteroatoms. The van der Waals surface area contributed by atoms with Crippen molar-refractivity contribution in [2.45, 2.75) is 32.8 Å². The predicted molar refractivity (Wildman–Crippen MR) is 132 cm³/mol. The Morgan fingerprint density at radius 1 is 1.08 bits per heavy atom. The molecule has 2 aromatic heterocycles. The van der Waals surface area contributed by atoms with Gasteiger partial charge in [0.2, 0.25) is 11.7 Å². The summed E-state index contributed by atoms with van der Waals surface area (Å²) in [5.74, 6) is -9.22. The van der Waals surface area contributed by atoms with Gasteiger partial charge >= 0.3 is 12.1 Å². The van der Waals surface area contributed by atoms with E-state index in [4.69, 9.17) is 20.9 Å². The van der Waals surface area contributed by atoms with Crippen LogP contribution >= 0.6 is 11.6 Å². The van der Waals surface area contributed by atoms with Gasteiger partial charge in [0.1, 0.15) is 35.0 Å². The van der Waals surface area contributed by atoms with E-state index in [2.05, 4.69) is 25.5 Å². The van der Waals surface area contributed by atoms with E-state index in [0.717, 1.165) is 7.11 Å². The van der Waals surface area contributed by atoms with Crippen LogP contribution in [0.2, 0.25) is 5.02 Å². The molecule has 1 saturated carbocycles. The number of pyridine rings is 1. The van der Waals surface area contributed by atoms with Gasteiger partial charge in [0, 0.05) is 10.6 Å². The number of anilines is 2. The Morgan fingerprint density at radius 2 is 1.79 bits per heavy atom. The third kappa shape index (κ3) is 5.17. The van der Waals surface area contributed by atoms with Crippen LogP contribution in [-0.2, 0) is 19.1 Å². The minimum atomic E-state index is -3.49. The molecule has 0 spiro atoms. The molecule has 4 rings (SSSR count). The Labute approximate surface area is 220 Å². The Hall–Kier alpha value is -4.06. The Kier molecular flexibility index (Phi) is 7.36. The topological polar surface area (TPSA) is 133 Å². The first-order valence-corrected chi connectivity index (χ1v) is 11.8. The lowest BCUT2D eigenvalue weighted by atomic mass is 10.1. The molecular weight excluding hydrogens is 526 g/mol. The van der Waals surface area contributed by atoms with Crippen LogP contribution < -0.4 is 10.6 Å². The van der Waals surface area contributed by atoms with Crippen molar-refractivity contribution in [1.29, 1.82) is 0 Å². The molecule has 0 aliphatic heterocycles. The minimum Gasteiger partial charge on any atom is -0.469 e. The standard InChI is InChI=1S/C25H23ClF2N4O6/c1-11-16(30-22(33)18-19(23(34)36-4)25(18,27)28)9-10-17(29-11)21-20(12(2)32-38-21)31-24(35)37-13(3)14-7-5-6-8-15(14)26/h5-10,13,18-19H,1-4H3,(H,30,33)(H,31,35)/t13-,18+,19+/m1/s1. The number of benzene rings is 1. The smallest absolute Gasteiger partial charge is 0.412 e. The van der Waals surface area contributed by atoms with Crippen LogP contribution in [0.5, 0.6) is 0 Å². The lowest BCUT2D eigenvalue weighted by Gasteiger charge is -2.15. The fourth-order valence-corrected chi connectivity index (χ4v) is 4.24. The van der Waals surface area contributed by atoms with Crippen molar-refractivity contribution in [3.8, 4) is 11.5 Å². The largest absolute Gasteiger partial charge is 0.469 e. The Balaban J connectivity index is 1.47. The van der Waals surface area contributed by atoms with E-state index in [1.54, 1.807) is 38.1 Å². The van der Waals surface area contributed by atoms with Gasteiger partial charge in [-0.3, -0.25) is 14.9 Å². The van der Waals surface area contributed by atoms with Gasteiger partial charge in [0.15, 0.2) is 0 Å². The number of esters is 1. The number of aryl methyl sites for hydroxylation is 2. The fraction of sp³-hybridized carbons (Fsp3) is 0.320. The number of alkyl halides is 2.